The zero-order valence-electron chi connectivity index (χ0n) is 16.3. The van der Waals surface area contributed by atoms with E-state index in [9.17, 15) is 14.0 Å². The summed E-state index contributed by atoms with van der Waals surface area (Å²) in [7, 11) is 0. The van der Waals surface area contributed by atoms with Gasteiger partial charge in [0.15, 0.2) is 0 Å². The molecule has 2 aromatic rings. The lowest BCUT2D eigenvalue weighted by Gasteiger charge is -2.30. The molecule has 1 N–H and O–H groups in total. The Bertz CT molecular complexity index is 843. The van der Waals surface area contributed by atoms with Crippen LogP contribution in [0, 0.1) is 11.7 Å². The molecule has 1 saturated heterocycles. The maximum absolute atomic E-state index is 13.8. The minimum absolute atomic E-state index is 0.000558. The van der Waals surface area contributed by atoms with E-state index in [1.807, 2.05) is 26.8 Å². The van der Waals surface area contributed by atoms with Crippen molar-refractivity contribution in [1.29, 1.82) is 0 Å². The molecule has 1 aliphatic heterocycles. The van der Waals surface area contributed by atoms with Crippen molar-refractivity contribution in [2.45, 2.75) is 38.2 Å². The minimum atomic E-state index is -0.604. The summed E-state index contributed by atoms with van der Waals surface area (Å²) in [6.07, 6.45) is 0. The van der Waals surface area contributed by atoms with E-state index in [0.29, 0.717) is 16.9 Å². The van der Waals surface area contributed by atoms with Crippen LogP contribution in [0.4, 0.5) is 4.39 Å². The molecule has 0 bridgehead atoms. The van der Waals surface area contributed by atoms with Crippen molar-refractivity contribution in [1.82, 2.24) is 10.2 Å². The third-order valence-electron chi connectivity index (χ3n) is 5.06. The van der Waals surface area contributed by atoms with E-state index in [-0.39, 0.29) is 29.6 Å². The molecule has 2 amide bonds. The molecule has 2 aromatic carbocycles. The molecule has 1 heterocycles. The van der Waals surface area contributed by atoms with Gasteiger partial charge in [-0.1, -0.05) is 44.2 Å². The summed E-state index contributed by atoms with van der Waals surface area (Å²) in [5.74, 6) is 0.00655. The van der Waals surface area contributed by atoms with Crippen LogP contribution < -0.4 is 5.32 Å². The Morgan fingerprint density at radius 2 is 1.82 bits per heavy atom. The fraction of sp³-hybridized carbons (Fsp3) is 0.364. The lowest BCUT2D eigenvalue weighted by molar-refractivity contribution is -0.125. The Labute approximate surface area is 169 Å². The number of carbonyl (C=O) groups is 2. The first-order valence-corrected chi connectivity index (χ1v) is 10.5. The normalized spacial score (nSPS) is 20.2. The van der Waals surface area contributed by atoms with Crippen molar-refractivity contribution in [3.05, 3.63) is 71.5 Å². The van der Waals surface area contributed by atoms with Crippen LogP contribution >= 0.6 is 11.8 Å². The molecular weight excluding hydrogens is 375 g/mol. The SMILES string of the molecule is CC(C)[C@@H](C)NC(=O)[C@H]1CS[C@H](c2cccc(F)c2)N1C(=O)c1ccccc1. The fourth-order valence-corrected chi connectivity index (χ4v) is 4.51. The smallest absolute Gasteiger partial charge is 0.255 e. The highest BCUT2D eigenvalue weighted by atomic mass is 32.2. The number of halogens is 1. The third kappa shape index (κ3) is 4.38. The summed E-state index contributed by atoms with van der Waals surface area (Å²) in [5.41, 5.74) is 1.20. The van der Waals surface area contributed by atoms with Gasteiger partial charge in [-0.25, -0.2) is 4.39 Å². The van der Waals surface area contributed by atoms with Gasteiger partial charge in [0.2, 0.25) is 5.91 Å². The molecule has 0 aliphatic carbocycles. The van der Waals surface area contributed by atoms with Crippen LogP contribution in [0.2, 0.25) is 0 Å². The molecule has 148 valence electrons. The van der Waals surface area contributed by atoms with Gasteiger partial charge < -0.3 is 10.2 Å². The lowest BCUT2D eigenvalue weighted by Crippen LogP contribution is -2.50. The van der Waals surface area contributed by atoms with E-state index in [4.69, 9.17) is 0 Å². The summed E-state index contributed by atoms with van der Waals surface area (Å²) in [4.78, 5) is 27.8. The second-order valence-corrected chi connectivity index (χ2v) is 8.49. The quantitative estimate of drug-likeness (QED) is 0.817. The van der Waals surface area contributed by atoms with Crippen LogP contribution in [0.3, 0.4) is 0 Å². The third-order valence-corrected chi connectivity index (χ3v) is 6.39. The van der Waals surface area contributed by atoms with Crippen LogP contribution in [0.5, 0.6) is 0 Å². The minimum Gasteiger partial charge on any atom is -0.352 e. The monoisotopic (exact) mass is 400 g/mol. The summed E-state index contributed by atoms with van der Waals surface area (Å²) in [6.45, 7) is 6.03. The molecular formula is C22H25FN2O2S. The first-order valence-electron chi connectivity index (χ1n) is 9.43. The number of amides is 2. The molecule has 28 heavy (non-hydrogen) atoms. The van der Waals surface area contributed by atoms with Crippen LogP contribution in [0.15, 0.2) is 54.6 Å². The van der Waals surface area contributed by atoms with Crippen molar-refractivity contribution in [2.24, 2.45) is 5.92 Å². The molecule has 6 heteroatoms. The number of carbonyl (C=O) groups excluding carboxylic acids is 2. The average Bonchev–Trinajstić information content (AvgIpc) is 3.13. The van der Waals surface area contributed by atoms with Gasteiger partial charge in [0, 0.05) is 17.4 Å². The van der Waals surface area contributed by atoms with E-state index in [1.165, 1.54) is 23.9 Å². The molecule has 0 unspecified atom stereocenters. The van der Waals surface area contributed by atoms with Gasteiger partial charge in [-0.05, 0) is 42.7 Å². The first kappa shape index (κ1) is 20.4. The second kappa shape index (κ2) is 8.78. The van der Waals surface area contributed by atoms with Crippen LogP contribution in [0.25, 0.3) is 0 Å². The molecule has 1 aliphatic rings. The van der Waals surface area contributed by atoms with Crippen molar-refractivity contribution in [3.63, 3.8) is 0 Å². The Kier molecular flexibility index (Phi) is 6.39. The summed E-state index contributed by atoms with van der Waals surface area (Å²) >= 11 is 1.48. The predicted molar refractivity (Wildman–Crippen MR) is 110 cm³/mol. The van der Waals surface area contributed by atoms with Gasteiger partial charge in [-0.15, -0.1) is 11.8 Å². The number of benzene rings is 2. The highest BCUT2D eigenvalue weighted by Gasteiger charge is 2.43. The molecule has 0 aromatic heterocycles. The Hall–Kier alpha value is -2.34. The average molecular weight is 401 g/mol. The zero-order chi connectivity index (χ0) is 20.3. The fourth-order valence-electron chi connectivity index (χ4n) is 3.09. The first-order chi connectivity index (χ1) is 13.4. The van der Waals surface area contributed by atoms with Crippen molar-refractivity contribution < 1.29 is 14.0 Å². The number of nitrogens with one attached hydrogen (secondary N) is 1. The highest BCUT2D eigenvalue weighted by molar-refractivity contribution is 7.99. The van der Waals surface area contributed by atoms with Gasteiger partial charge in [0.25, 0.3) is 5.91 Å². The molecule has 0 radical (unpaired) electrons. The van der Waals surface area contributed by atoms with Gasteiger partial charge in [-0.3, -0.25) is 9.59 Å². The summed E-state index contributed by atoms with van der Waals surface area (Å²) < 4.78 is 13.8. The van der Waals surface area contributed by atoms with Gasteiger partial charge >= 0.3 is 0 Å². The van der Waals surface area contributed by atoms with Crippen LogP contribution in [-0.4, -0.2) is 34.6 Å². The standard InChI is InChI=1S/C22H25FN2O2S/c1-14(2)15(3)24-20(26)19-13-28-22(17-10-7-11-18(23)12-17)25(19)21(27)16-8-5-4-6-9-16/h4-12,14-15,19,22H,13H2,1-3H3,(H,24,26)/t15-,19-,22-/m1/s1. The van der Waals surface area contributed by atoms with E-state index < -0.39 is 11.4 Å². The summed E-state index contributed by atoms with van der Waals surface area (Å²) in [5, 5.41) is 2.61. The zero-order valence-corrected chi connectivity index (χ0v) is 17.1. The Morgan fingerprint density at radius 1 is 1.11 bits per heavy atom. The molecule has 3 atom stereocenters. The van der Waals surface area contributed by atoms with E-state index in [0.717, 1.165) is 0 Å². The number of thioether (sulfide) groups is 1. The largest absolute Gasteiger partial charge is 0.352 e. The topological polar surface area (TPSA) is 49.4 Å². The maximum atomic E-state index is 13.8. The van der Waals surface area contributed by atoms with Gasteiger partial charge in [-0.2, -0.15) is 0 Å². The Balaban J connectivity index is 1.93. The molecule has 0 saturated carbocycles. The number of nitrogens with zero attached hydrogens (tertiary/aromatic N) is 1. The lowest BCUT2D eigenvalue weighted by atomic mass is 10.1. The number of hydrogen-bond acceptors (Lipinski definition) is 3. The van der Waals surface area contributed by atoms with Crippen molar-refractivity contribution in [3.8, 4) is 0 Å². The van der Waals surface area contributed by atoms with Crippen LogP contribution in [-0.2, 0) is 4.79 Å². The molecule has 0 spiro atoms. The number of rotatable bonds is 5. The molecule has 1 fully saturated rings. The van der Waals surface area contributed by atoms with E-state index >= 15 is 0 Å². The van der Waals surface area contributed by atoms with Crippen molar-refractivity contribution in [2.75, 3.05) is 5.75 Å². The van der Waals surface area contributed by atoms with Crippen molar-refractivity contribution >= 4 is 23.6 Å². The molecule has 3 rings (SSSR count). The van der Waals surface area contributed by atoms with E-state index in [1.54, 1.807) is 41.3 Å². The maximum Gasteiger partial charge on any atom is 0.255 e. The molecule has 4 nitrogen and oxygen atoms in total. The van der Waals surface area contributed by atoms with E-state index in [2.05, 4.69) is 5.32 Å². The second-order valence-electron chi connectivity index (χ2n) is 7.38. The van der Waals surface area contributed by atoms with Gasteiger partial charge in [0.1, 0.15) is 17.2 Å². The summed E-state index contributed by atoms with van der Waals surface area (Å²) in [6, 6.07) is 14.5. The number of hydrogen-bond donors (Lipinski definition) is 1. The Morgan fingerprint density at radius 3 is 2.46 bits per heavy atom. The van der Waals surface area contributed by atoms with Crippen LogP contribution in [0.1, 0.15) is 42.1 Å². The van der Waals surface area contributed by atoms with Gasteiger partial charge in [0.05, 0.1) is 0 Å². The predicted octanol–water partition coefficient (Wildman–Crippen LogP) is 4.24. The highest BCUT2D eigenvalue weighted by Crippen LogP contribution is 2.42.